The predicted octanol–water partition coefficient (Wildman–Crippen LogP) is 1.96. The minimum atomic E-state index is -0.571. The molecule has 0 bridgehead atoms. The van der Waals surface area contributed by atoms with Crippen LogP contribution in [0.25, 0.3) is 0 Å². The minimum absolute atomic E-state index is 0.00502. The van der Waals surface area contributed by atoms with E-state index in [-0.39, 0.29) is 17.4 Å². The third kappa shape index (κ3) is 3.15. The number of nitrogens with one attached hydrogen (secondary N) is 2. The molecule has 2 rings (SSSR count). The topological polar surface area (TPSA) is 58.2 Å². The standard InChI is InChI=1S/C15H19FN2O2/c1-9(2)10-5-6-12(16)11(8-10)14(19)18-13-4-3-7-17-15(13)20/h5-6,8-9,13H,3-4,7H2,1-2H3,(H,17,20)(H,18,19). The molecule has 1 atom stereocenters. The highest BCUT2D eigenvalue weighted by Crippen LogP contribution is 2.18. The molecule has 1 aromatic rings. The molecule has 0 saturated carbocycles. The number of rotatable bonds is 3. The van der Waals surface area contributed by atoms with Gasteiger partial charge in [0.15, 0.2) is 0 Å². The molecule has 1 aromatic carbocycles. The Balaban J connectivity index is 2.16. The molecule has 20 heavy (non-hydrogen) atoms. The summed E-state index contributed by atoms with van der Waals surface area (Å²) in [5.74, 6) is -1.10. The fraction of sp³-hybridized carbons (Fsp3) is 0.467. The van der Waals surface area contributed by atoms with Gasteiger partial charge >= 0.3 is 0 Å². The zero-order valence-corrected chi connectivity index (χ0v) is 11.7. The van der Waals surface area contributed by atoms with Crippen LogP contribution in [-0.2, 0) is 4.79 Å². The van der Waals surface area contributed by atoms with Crippen LogP contribution in [0.15, 0.2) is 18.2 Å². The molecular weight excluding hydrogens is 259 g/mol. The molecule has 108 valence electrons. The molecule has 1 saturated heterocycles. The summed E-state index contributed by atoms with van der Waals surface area (Å²) in [6.45, 7) is 4.58. The summed E-state index contributed by atoms with van der Waals surface area (Å²) in [6.07, 6.45) is 1.40. The van der Waals surface area contributed by atoms with Crippen LogP contribution >= 0.6 is 0 Å². The smallest absolute Gasteiger partial charge is 0.254 e. The Morgan fingerprint density at radius 1 is 1.45 bits per heavy atom. The van der Waals surface area contributed by atoms with Crippen molar-refractivity contribution in [3.63, 3.8) is 0 Å². The van der Waals surface area contributed by atoms with Crippen molar-refractivity contribution in [1.29, 1.82) is 0 Å². The molecule has 4 nitrogen and oxygen atoms in total. The van der Waals surface area contributed by atoms with Crippen molar-refractivity contribution in [1.82, 2.24) is 10.6 Å². The number of carbonyl (C=O) groups is 2. The molecule has 0 spiro atoms. The normalized spacial score (nSPS) is 18.8. The molecule has 0 aliphatic carbocycles. The van der Waals surface area contributed by atoms with Crippen molar-refractivity contribution < 1.29 is 14.0 Å². The zero-order chi connectivity index (χ0) is 14.7. The quantitative estimate of drug-likeness (QED) is 0.888. The van der Waals surface area contributed by atoms with Crippen LogP contribution in [0, 0.1) is 5.82 Å². The number of carbonyl (C=O) groups excluding carboxylic acids is 2. The lowest BCUT2D eigenvalue weighted by Gasteiger charge is -2.23. The van der Waals surface area contributed by atoms with E-state index in [1.54, 1.807) is 12.1 Å². The first-order valence-electron chi connectivity index (χ1n) is 6.87. The van der Waals surface area contributed by atoms with E-state index in [0.29, 0.717) is 13.0 Å². The van der Waals surface area contributed by atoms with Gasteiger partial charge in [-0.05, 0) is 36.5 Å². The highest BCUT2D eigenvalue weighted by Gasteiger charge is 2.25. The number of hydrogen-bond acceptors (Lipinski definition) is 2. The summed E-state index contributed by atoms with van der Waals surface area (Å²) in [7, 11) is 0. The second kappa shape index (κ2) is 6.03. The van der Waals surface area contributed by atoms with E-state index in [1.807, 2.05) is 13.8 Å². The monoisotopic (exact) mass is 278 g/mol. The highest BCUT2D eigenvalue weighted by molar-refractivity contribution is 5.98. The van der Waals surface area contributed by atoms with E-state index in [9.17, 15) is 14.0 Å². The predicted molar refractivity (Wildman–Crippen MR) is 74.0 cm³/mol. The van der Waals surface area contributed by atoms with Crippen LogP contribution in [0.3, 0.4) is 0 Å². The lowest BCUT2D eigenvalue weighted by molar-refractivity contribution is -0.124. The minimum Gasteiger partial charge on any atom is -0.354 e. The summed E-state index contributed by atoms with van der Waals surface area (Å²) < 4.78 is 13.8. The second-order valence-electron chi connectivity index (χ2n) is 5.35. The van der Waals surface area contributed by atoms with Crippen LogP contribution in [-0.4, -0.2) is 24.4 Å². The lowest BCUT2D eigenvalue weighted by Crippen LogP contribution is -2.50. The van der Waals surface area contributed by atoms with Crippen molar-refractivity contribution in [3.8, 4) is 0 Å². The summed E-state index contributed by atoms with van der Waals surface area (Å²) in [6, 6.07) is 3.95. The molecule has 1 heterocycles. The van der Waals surface area contributed by atoms with Crippen LogP contribution in [0.5, 0.6) is 0 Å². The largest absolute Gasteiger partial charge is 0.354 e. The number of amides is 2. The SMILES string of the molecule is CC(C)c1ccc(F)c(C(=O)NC2CCCNC2=O)c1. The Labute approximate surface area is 117 Å². The van der Waals surface area contributed by atoms with Crippen LogP contribution in [0.2, 0.25) is 0 Å². The van der Waals surface area contributed by atoms with E-state index < -0.39 is 17.8 Å². The van der Waals surface area contributed by atoms with Gasteiger partial charge in [0, 0.05) is 6.54 Å². The van der Waals surface area contributed by atoms with Gasteiger partial charge in [0.05, 0.1) is 5.56 Å². The fourth-order valence-electron chi connectivity index (χ4n) is 2.22. The molecule has 2 amide bonds. The Hall–Kier alpha value is -1.91. The molecule has 5 heteroatoms. The summed E-state index contributed by atoms with van der Waals surface area (Å²) >= 11 is 0. The van der Waals surface area contributed by atoms with Crippen LogP contribution in [0.4, 0.5) is 4.39 Å². The Morgan fingerprint density at radius 2 is 2.20 bits per heavy atom. The van der Waals surface area contributed by atoms with Gasteiger partial charge in [0.25, 0.3) is 5.91 Å². The third-order valence-electron chi connectivity index (χ3n) is 3.49. The number of hydrogen-bond donors (Lipinski definition) is 2. The highest BCUT2D eigenvalue weighted by atomic mass is 19.1. The first-order chi connectivity index (χ1) is 9.49. The Morgan fingerprint density at radius 3 is 2.85 bits per heavy atom. The number of benzene rings is 1. The van der Waals surface area contributed by atoms with Crippen molar-refractivity contribution in [2.24, 2.45) is 0 Å². The van der Waals surface area contributed by atoms with Gasteiger partial charge in [0.1, 0.15) is 11.9 Å². The van der Waals surface area contributed by atoms with Gasteiger partial charge in [0.2, 0.25) is 5.91 Å². The van der Waals surface area contributed by atoms with Crippen molar-refractivity contribution in [3.05, 3.63) is 35.1 Å². The average Bonchev–Trinajstić information content (AvgIpc) is 2.41. The molecular formula is C15H19FN2O2. The number of halogens is 1. The molecule has 1 unspecified atom stereocenters. The fourth-order valence-corrected chi connectivity index (χ4v) is 2.22. The van der Waals surface area contributed by atoms with Gasteiger partial charge in [-0.3, -0.25) is 9.59 Å². The third-order valence-corrected chi connectivity index (χ3v) is 3.49. The molecule has 1 aliphatic rings. The first-order valence-corrected chi connectivity index (χ1v) is 6.87. The molecule has 1 aliphatic heterocycles. The van der Waals surface area contributed by atoms with E-state index >= 15 is 0 Å². The zero-order valence-electron chi connectivity index (χ0n) is 11.7. The van der Waals surface area contributed by atoms with E-state index in [4.69, 9.17) is 0 Å². The maximum absolute atomic E-state index is 13.8. The van der Waals surface area contributed by atoms with Gasteiger partial charge in [-0.15, -0.1) is 0 Å². The average molecular weight is 278 g/mol. The molecule has 0 aromatic heterocycles. The Bertz CT molecular complexity index is 529. The molecule has 2 N–H and O–H groups in total. The van der Waals surface area contributed by atoms with Crippen molar-refractivity contribution in [2.45, 2.75) is 38.6 Å². The van der Waals surface area contributed by atoms with Gasteiger partial charge in [-0.25, -0.2) is 4.39 Å². The van der Waals surface area contributed by atoms with E-state index in [1.165, 1.54) is 6.07 Å². The van der Waals surface area contributed by atoms with Crippen molar-refractivity contribution >= 4 is 11.8 Å². The molecule has 1 fully saturated rings. The lowest BCUT2D eigenvalue weighted by atomic mass is 9.99. The van der Waals surface area contributed by atoms with E-state index in [0.717, 1.165) is 12.0 Å². The van der Waals surface area contributed by atoms with Crippen molar-refractivity contribution in [2.75, 3.05) is 6.54 Å². The Kier molecular flexibility index (Phi) is 4.37. The summed E-state index contributed by atoms with van der Waals surface area (Å²) in [5.41, 5.74) is 0.888. The van der Waals surface area contributed by atoms with Crippen LogP contribution < -0.4 is 10.6 Å². The molecule has 0 radical (unpaired) electrons. The van der Waals surface area contributed by atoms with Gasteiger partial charge in [-0.1, -0.05) is 19.9 Å². The first kappa shape index (κ1) is 14.5. The number of piperidine rings is 1. The summed E-state index contributed by atoms with van der Waals surface area (Å²) in [4.78, 5) is 23.7. The second-order valence-corrected chi connectivity index (χ2v) is 5.35. The van der Waals surface area contributed by atoms with Gasteiger partial charge in [-0.2, -0.15) is 0 Å². The summed E-state index contributed by atoms with van der Waals surface area (Å²) in [5, 5.41) is 5.29. The van der Waals surface area contributed by atoms with Gasteiger partial charge < -0.3 is 10.6 Å². The van der Waals surface area contributed by atoms with Crippen LogP contribution in [0.1, 0.15) is 48.5 Å². The maximum Gasteiger partial charge on any atom is 0.254 e. The van der Waals surface area contributed by atoms with E-state index in [2.05, 4.69) is 10.6 Å². The maximum atomic E-state index is 13.8.